The van der Waals surface area contributed by atoms with E-state index in [9.17, 15) is 15.3 Å². The first kappa shape index (κ1) is 32.2. The molecule has 0 bridgehead atoms. The summed E-state index contributed by atoms with van der Waals surface area (Å²) >= 11 is 2.74. The van der Waals surface area contributed by atoms with Crippen molar-refractivity contribution in [1.82, 2.24) is 4.98 Å². The molecule has 0 saturated heterocycles. The number of pyridine rings is 1. The second-order valence-corrected chi connectivity index (χ2v) is 14.0. The van der Waals surface area contributed by atoms with E-state index in [1.54, 1.807) is 14.0 Å². The van der Waals surface area contributed by atoms with E-state index in [2.05, 4.69) is 32.9 Å². The molecule has 1 aromatic carbocycles. The zero-order chi connectivity index (χ0) is 32.3. The Balaban J connectivity index is 1.62. The van der Waals surface area contributed by atoms with Gasteiger partial charge in [0.25, 0.3) is 0 Å². The van der Waals surface area contributed by atoms with Crippen LogP contribution in [-0.2, 0) is 27.1 Å². The molecule has 8 nitrogen and oxygen atoms in total. The third-order valence-electron chi connectivity index (χ3n) is 8.41. The number of fused-ring (bicyclic) bond motifs is 1. The van der Waals surface area contributed by atoms with Crippen LogP contribution < -0.4 is 10.5 Å². The summed E-state index contributed by atoms with van der Waals surface area (Å²) in [6, 6.07) is 16.1. The Bertz CT molecular complexity index is 1740. The number of nitrogens with zero attached hydrogens (tertiary/aromatic N) is 3. The monoisotopic (exact) mass is 640 g/mol. The molecule has 10 heteroatoms. The molecule has 3 heterocycles. The maximum Gasteiger partial charge on any atom is 0.338 e. The molecule has 2 aliphatic rings. The highest BCUT2D eigenvalue weighted by Crippen LogP contribution is 2.46. The Morgan fingerprint density at radius 1 is 1.20 bits per heavy atom. The largest absolute Gasteiger partial charge is 0.497 e. The number of thioether (sulfide) groups is 1. The van der Waals surface area contributed by atoms with Gasteiger partial charge in [0.2, 0.25) is 5.88 Å². The van der Waals surface area contributed by atoms with Gasteiger partial charge >= 0.3 is 5.97 Å². The van der Waals surface area contributed by atoms with Gasteiger partial charge in [-0.25, -0.2) is 9.78 Å². The molecule has 0 radical (unpaired) electrons. The Kier molecular flexibility index (Phi) is 9.57. The molecule has 5 rings (SSSR count). The average Bonchev–Trinajstić information content (AvgIpc) is 3.57. The summed E-state index contributed by atoms with van der Waals surface area (Å²) in [5, 5.41) is 23.0. The SMILES string of the molecule is CCOC(=O)C1=C(CSc2nc3c(c(-c4ccc(OC)cc4)c2C#N)C[C@@H](C(C)(C)C)CC3)OC(N)=C(C#N)[C@@H]1c1cccs1. The predicted octanol–water partition coefficient (Wildman–Crippen LogP) is 7.26. The molecule has 45 heavy (non-hydrogen) atoms. The normalized spacial score (nSPS) is 18.0. The summed E-state index contributed by atoms with van der Waals surface area (Å²) in [5.41, 5.74) is 11.1. The van der Waals surface area contributed by atoms with Gasteiger partial charge in [-0.05, 0) is 72.2 Å². The number of hydrogen-bond donors (Lipinski definition) is 1. The summed E-state index contributed by atoms with van der Waals surface area (Å²) in [6.07, 6.45) is 2.63. The molecule has 0 amide bonds. The van der Waals surface area contributed by atoms with Gasteiger partial charge in [0.1, 0.15) is 34.2 Å². The van der Waals surface area contributed by atoms with Crippen molar-refractivity contribution in [2.24, 2.45) is 17.1 Å². The number of benzene rings is 1. The lowest BCUT2D eigenvalue weighted by Gasteiger charge is -2.36. The first-order valence-electron chi connectivity index (χ1n) is 14.8. The van der Waals surface area contributed by atoms with Crippen LogP contribution in [0.15, 0.2) is 69.6 Å². The number of ether oxygens (including phenoxy) is 3. The number of rotatable bonds is 8. The van der Waals surface area contributed by atoms with Crippen LogP contribution in [-0.4, -0.2) is 30.4 Å². The van der Waals surface area contributed by atoms with E-state index in [0.717, 1.165) is 52.3 Å². The topological polar surface area (TPSA) is 131 Å². The minimum atomic E-state index is -0.713. The van der Waals surface area contributed by atoms with E-state index in [1.165, 1.54) is 23.1 Å². The van der Waals surface area contributed by atoms with Crippen LogP contribution in [0.25, 0.3) is 11.1 Å². The number of methoxy groups -OCH3 is 1. The summed E-state index contributed by atoms with van der Waals surface area (Å²) in [7, 11) is 1.63. The smallest absolute Gasteiger partial charge is 0.338 e. The van der Waals surface area contributed by atoms with Crippen molar-refractivity contribution in [1.29, 1.82) is 10.5 Å². The van der Waals surface area contributed by atoms with Crippen molar-refractivity contribution in [3.8, 4) is 29.0 Å². The van der Waals surface area contributed by atoms with E-state index < -0.39 is 11.9 Å². The standard InChI is InChI=1S/C35H36N4O4S2/c1-6-42-34(40)31-27(43-32(38)24(17-36)30(31)28-8-7-15-44-28)19-45-33-25(18-37)29(20-9-12-22(41-5)13-10-20)23-16-21(35(2,3)4)11-14-26(23)39-33/h7-10,12-13,15,21,30H,6,11,14,16,19,38H2,1-5H3/t21-,30+/m0/s1. The van der Waals surface area contributed by atoms with Crippen LogP contribution in [0, 0.1) is 34.0 Å². The van der Waals surface area contributed by atoms with Crippen molar-refractivity contribution in [2.45, 2.75) is 57.9 Å². The summed E-state index contributed by atoms with van der Waals surface area (Å²) in [6.45, 7) is 8.68. The Labute approximate surface area is 272 Å². The van der Waals surface area contributed by atoms with Crippen LogP contribution >= 0.6 is 23.1 Å². The van der Waals surface area contributed by atoms with Crippen LogP contribution in [0.5, 0.6) is 5.75 Å². The van der Waals surface area contributed by atoms with Crippen LogP contribution in [0.3, 0.4) is 0 Å². The average molecular weight is 641 g/mol. The number of thiophene rings is 1. The summed E-state index contributed by atoms with van der Waals surface area (Å²) in [4.78, 5) is 19.2. The highest BCUT2D eigenvalue weighted by Gasteiger charge is 2.39. The fourth-order valence-electron chi connectivity index (χ4n) is 5.99. The van der Waals surface area contributed by atoms with Crippen molar-refractivity contribution < 1.29 is 19.0 Å². The molecule has 2 atom stereocenters. The Hall–Kier alpha value is -4.25. The molecular weight excluding hydrogens is 605 g/mol. The lowest BCUT2D eigenvalue weighted by Crippen LogP contribution is -2.28. The van der Waals surface area contributed by atoms with Gasteiger partial charge in [0.15, 0.2) is 0 Å². The number of esters is 1. The number of carbonyl (C=O) groups is 1. The highest BCUT2D eigenvalue weighted by atomic mass is 32.2. The van der Waals surface area contributed by atoms with Gasteiger partial charge in [-0.15, -0.1) is 11.3 Å². The molecule has 1 aliphatic heterocycles. The van der Waals surface area contributed by atoms with Gasteiger partial charge in [0, 0.05) is 16.1 Å². The maximum absolute atomic E-state index is 13.4. The van der Waals surface area contributed by atoms with E-state index in [-0.39, 0.29) is 40.6 Å². The number of aryl methyl sites for hydroxylation is 1. The second kappa shape index (κ2) is 13.4. The molecule has 2 N–H and O–H groups in total. The summed E-state index contributed by atoms with van der Waals surface area (Å²) < 4.78 is 16.8. The Morgan fingerprint density at radius 3 is 2.56 bits per heavy atom. The van der Waals surface area contributed by atoms with Gasteiger partial charge in [-0.2, -0.15) is 10.5 Å². The van der Waals surface area contributed by atoms with E-state index in [0.29, 0.717) is 16.5 Å². The molecule has 232 valence electrons. The molecule has 0 fully saturated rings. The number of nitrogens with two attached hydrogens (primary N) is 1. The van der Waals surface area contributed by atoms with Crippen LogP contribution in [0.4, 0.5) is 0 Å². The second-order valence-electron chi connectivity index (χ2n) is 12.0. The predicted molar refractivity (Wildman–Crippen MR) is 175 cm³/mol. The fourth-order valence-corrected chi connectivity index (χ4v) is 7.78. The zero-order valence-electron chi connectivity index (χ0n) is 26.1. The molecular formula is C35H36N4O4S2. The molecule has 1 aliphatic carbocycles. The van der Waals surface area contributed by atoms with E-state index in [1.807, 2.05) is 41.8 Å². The molecule has 0 unspecified atom stereocenters. The number of nitriles is 2. The number of aromatic nitrogens is 1. The summed E-state index contributed by atoms with van der Waals surface area (Å²) in [5.74, 6) is 0.286. The van der Waals surface area contributed by atoms with Crippen molar-refractivity contribution in [3.05, 3.63) is 86.3 Å². The van der Waals surface area contributed by atoms with E-state index in [4.69, 9.17) is 24.9 Å². The first-order chi connectivity index (χ1) is 21.6. The van der Waals surface area contributed by atoms with Gasteiger partial charge in [-0.3, -0.25) is 0 Å². The van der Waals surface area contributed by atoms with Crippen molar-refractivity contribution in [2.75, 3.05) is 19.5 Å². The van der Waals surface area contributed by atoms with Crippen molar-refractivity contribution >= 4 is 29.1 Å². The molecule has 0 spiro atoms. The maximum atomic E-state index is 13.4. The van der Waals surface area contributed by atoms with Gasteiger partial charge in [0.05, 0.1) is 36.5 Å². The lowest BCUT2D eigenvalue weighted by molar-refractivity contribution is -0.139. The van der Waals surface area contributed by atoms with Crippen LogP contribution in [0.2, 0.25) is 0 Å². The molecule has 3 aromatic rings. The van der Waals surface area contributed by atoms with Gasteiger partial charge in [-0.1, -0.05) is 50.7 Å². The zero-order valence-corrected chi connectivity index (χ0v) is 27.7. The lowest BCUT2D eigenvalue weighted by atomic mass is 9.70. The van der Waals surface area contributed by atoms with E-state index >= 15 is 0 Å². The van der Waals surface area contributed by atoms with Crippen LogP contribution in [0.1, 0.15) is 61.7 Å². The fraction of sp³-hybridized carbons (Fsp3) is 0.371. The number of carbonyl (C=O) groups excluding carboxylic acids is 1. The molecule has 2 aromatic heterocycles. The third-order valence-corrected chi connectivity index (χ3v) is 10.3. The van der Waals surface area contributed by atoms with Gasteiger partial charge < -0.3 is 19.9 Å². The Morgan fingerprint density at radius 2 is 1.96 bits per heavy atom. The molecule has 0 saturated carbocycles. The minimum absolute atomic E-state index is 0.0504. The van der Waals surface area contributed by atoms with Crippen molar-refractivity contribution in [3.63, 3.8) is 0 Å². The highest BCUT2D eigenvalue weighted by molar-refractivity contribution is 7.99. The number of hydrogen-bond acceptors (Lipinski definition) is 10. The third kappa shape index (κ3) is 6.45. The first-order valence-corrected chi connectivity index (χ1v) is 16.7. The minimum Gasteiger partial charge on any atom is -0.497 e. The number of allylic oxidation sites excluding steroid dienone is 1. The quantitative estimate of drug-likeness (QED) is 0.200.